The summed E-state index contributed by atoms with van der Waals surface area (Å²) in [6.45, 7) is 16.1. The molecule has 0 N–H and O–H groups in total. The van der Waals surface area contributed by atoms with Gasteiger partial charge in [0.2, 0.25) is 5.91 Å². The van der Waals surface area contributed by atoms with Crippen molar-refractivity contribution in [2.45, 2.75) is 81.9 Å². The van der Waals surface area contributed by atoms with E-state index in [2.05, 4.69) is 33.9 Å². The highest BCUT2D eigenvalue weighted by Gasteiger charge is 2.69. The van der Waals surface area contributed by atoms with Gasteiger partial charge in [0.15, 0.2) is 8.32 Å². The maximum absolute atomic E-state index is 13.0. The molecule has 0 unspecified atom stereocenters. The van der Waals surface area contributed by atoms with E-state index in [1.54, 1.807) is 13.8 Å². The van der Waals surface area contributed by atoms with Crippen LogP contribution in [-0.2, 0) is 29.6 Å². The molecular formula is C17H31NO5SSi. The van der Waals surface area contributed by atoms with Gasteiger partial charge in [0.05, 0.1) is 34.7 Å². The van der Waals surface area contributed by atoms with Gasteiger partial charge >= 0.3 is 5.97 Å². The molecule has 0 saturated carbocycles. The van der Waals surface area contributed by atoms with Gasteiger partial charge in [-0.3, -0.25) is 9.00 Å². The zero-order valence-electron chi connectivity index (χ0n) is 16.7. The predicted molar refractivity (Wildman–Crippen MR) is 99.9 cm³/mol. The van der Waals surface area contributed by atoms with Gasteiger partial charge in [0, 0.05) is 0 Å². The van der Waals surface area contributed by atoms with Gasteiger partial charge in [-0.2, -0.15) is 0 Å². The van der Waals surface area contributed by atoms with Gasteiger partial charge < -0.3 is 14.1 Å². The van der Waals surface area contributed by atoms with Crippen LogP contribution in [0.1, 0.15) is 41.5 Å². The second-order valence-corrected chi connectivity index (χ2v) is 16.0. The first kappa shape index (κ1) is 20.6. The average molecular weight is 390 g/mol. The van der Waals surface area contributed by atoms with E-state index in [9.17, 15) is 13.8 Å². The van der Waals surface area contributed by atoms with Crippen LogP contribution in [0.5, 0.6) is 0 Å². The van der Waals surface area contributed by atoms with E-state index in [0.29, 0.717) is 0 Å². The Morgan fingerprint density at radius 1 is 1.32 bits per heavy atom. The summed E-state index contributed by atoms with van der Waals surface area (Å²) in [5.74, 6) is -1.14. The van der Waals surface area contributed by atoms with Gasteiger partial charge in [0.25, 0.3) is 0 Å². The van der Waals surface area contributed by atoms with Crippen molar-refractivity contribution in [2.75, 3.05) is 7.11 Å². The molecule has 8 heteroatoms. The minimum absolute atomic E-state index is 0.0242. The lowest BCUT2D eigenvalue weighted by molar-refractivity contribution is -0.169. The molecule has 144 valence electrons. The Kier molecular flexibility index (Phi) is 5.07. The van der Waals surface area contributed by atoms with E-state index in [1.807, 2.05) is 6.92 Å². The molecule has 6 nitrogen and oxygen atoms in total. The fourth-order valence-corrected chi connectivity index (χ4v) is 6.95. The number of ether oxygens (including phenoxy) is 1. The van der Waals surface area contributed by atoms with Crippen LogP contribution in [0.3, 0.4) is 0 Å². The van der Waals surface area contributed by atoms with E-state index in [4.69, 9.17) is 9.16 Å². The molecule has 1 amide bonds. The normalized spacial score (nSPS) is 32.8. The van der Waals surface area contributed by atoms with E-state index in [1.165, 1.54) is 12.0 Å². The summed E-state index contributed by atoms with van der Waals surface area (Å²) < 4.78 is 23.4. The fourth-order valence-electron chi connectivity index (χ4n) is 3.43. The number of β-lactam (4-membered cyclic amide) rings is 1. The van der Waals surface area contributed by atoms with Gasteiger partial charge in [-0.05, 0) is 38.9 Å². The lowest BCUT2D eigenvalue weighted by atomic mass is 9.88. The molecule has 0 aromatic heterocycles. The maximum atomic E-state index is 13.0. The summed E-state index contributed by atoms with van der Waals surface area (Å²) in [4.78, 5) is 26.4. The second-order valence-electron chi connectivity index (χ2n) is 9.07. The minimum Gasteiger partial charge on any atom is -0.467 e. The first-order chi connectivity index (χ1) is 11.2. The van der Waals surface area contributed by atoms with Crippen LogP contribution in [0.15, 0.2) is 0 Å². The van der Waals surface area contributed by atoms with Crippen molar-refractivity contribution < 1.29 is 23.0 Å². The molecule has 0 spiro atoms. The molecule has 0 aromatic rings. The van der Waals surface area contributed by atoms with Gasteiger partial charge in [-0.15, -0.1) is 0 Å². The lowest BCUT2D eigenvalue weighted by Crippen LogP contribution is -2.67. The zero-order chi connectivity index (χ0) is 19.5. The van der Waals surface area contributed by atoms with Crippen molar-refractivity contribution in [3.63, 3.8) is 0 Å². The molecule has 0 aliphatic carbocycles. The zero-order valence-corrected chi connectivity index (χ0v) is 18.5. The third-order valence-corrected chi connectivity index (χ3v) is 12.8. The number of fused-ring (bicyclic) bond motifs is 1. The predicted octanol–water partition coefficient (Wildman–Crippen LogP) is 2.26. The molecule has 0 radical (unpaired) electrons. The number of rotatable bonds is 4. The number of hydrogen-bond acceptors (Lipinski definition) is 5. The van der Waals surface area contributed by atoms with Crippen molar-refractivity contribution >= 4 is 31.0 Å². The van der Waals surface area contributed by atoms with E-state index in [0.717, 1.165) is 0 Å². The Hall–Kier alpha value is -0.733. The first-order valence-corrected chi connectivity index (χ1v) is 12.8. The van der Waals surface area contributed by atoms with Gasteiger partial charge in [-0.25, -0.2) is 4.79 Å². The third kappa shape index (κ3) is 3.00. The van der Waals surface area contributed by atoms with Crippen molar-refractivity contribution in [3.8, 4) is 0 Å². The van der Waals surface area contributed by atoms with Crippen LogP contribution < -0.4 is 0 Å². The Balaban J connectivity index is 2.27. The molecule has 2 rings (SSSR count). The standard InChI is InChI=1S/C17H31NO5SSi/c1-10(23-25(8,9)16(2,3)4)11-13(19)18-12(15(20)22-7)17(5,6)24(21)14(11)18/h10-12,14H,1-9H3/t10-,11+,12+,14-,24-/m1/s1. The average Bonchev–Trinajstić information content (AvgIpc) is 2.62. The molecule has 5 atom stereocenters. The smallest absolute Gasteiger partial charge is 0.330 e. The Labute approximate surface area is 154 Å². The van der Waals surface area contributed by atoms with E-state index in [-0.39, 0.29) is 17.0 Å². The quantitative estimate of drug-likeness (QED) is 0.419. The molecule has 25 heavy (non-hydrogen) atoms. The van der Waals surface area contributed by atoms with Crippen molar-refractivity contribution in [1.82, 2.24) is 4.90 Å². The third-order valence-electron chi connectivity index (χ3n) is 6.01. The number of hydrogen-bond donors (Lipinski definition) is 0. The number of carbonyl (C=O) groups is 2. The molecule has 2 aliphatic heterocycles. The van der Waals surface area contributed by atoms with Crippen LogP contribution in [-0.4, -0.2) is 58.7 Å². The summed E-state index contributed by atoms with van der Waals surface area (Å²) >= 11 is 0. The molecule has 2 saturated heterocycles. The Morgan fingerprint density at radius 2 is 1.84 bits per heavy atom. The molecule has 2 heterocycles. The van der Waals surface area contributed by atoms with Crippen LogP contribution >= 0.6 is 0 Å². The van der Waals surface area contributed by atoms with Gasteiger partial charge in [-0.1, -0.05) is 20.8 Å². The van der Waals surface area contributed by atoms with Crippen LogP contribution in [0, 0.1) is 5.92 Å². The highest BCUT2D eigenvalue weighted by atomic mass is 32.2. The van der Waals surface area contributed by atoms with Gasteiger partial charge in [0.1, 0.15) is 11.4 Å². The summed E-state index contributed by atoms with van der Waals surface area (Å²) in [6.07, 6.45) is -0.328. The molecule has 0 bridgehead atoms. The Bertz CT molecular complexity index is 613. The highest BCUT2D eigenvalue weighted by Crippen LogP contribution is 2.49. The topological polar surface area (TPSA) is 72.9 Å². The number of esters is 1. The number of amides is 1. The molecule has 2 fully saturated rings. The first-order valence-electron chi connectivity index (χ1n) is 8.67. The minimum atomic E-state index is -2.05. The summed E-state index contributed by atoms with van der Waals surface area (Å²) in [5.41, 5.74) is 0. The molecular weight excluding hydrogens is 358 g/mol. The Morgan fingerprint density at radius 3 is 2.28 bits per heavy atom. The highest BCUT2D eigenvalue weighted by molar-refractivity contribution is 7.87. The SMILES string of the molecule is COC(=O)[C@@H]1N2C(=O)[C@H]([C@@H](C)O[Si](C)(C)C(C)(C)C)[C@H]2[S@@](=O)C1(C)C. The van der Waals surface area contributed by atoms with Crippen LogP contribution in [0.25, 0.3) is 0 Å². The summed E-state index contributed by atoms with van der Waals surface area (Å²) in [5, 5.41) is -0.456. The van der Waals surface area contributed by atoms with E-state index < -0.39 is 47.2 Å². The fraction of sp³-hybridized carbons (Fsp3) is 0.882. The largest absolute Gasteiger partial charge is 0.467 e. The molecule has 2 aliphatic rings. The molecule has 0 aromatic carbocycles. The number of carbonyl (C=O) groups excluding carboxylic acids is 2. The van der Waals surface area contributed by atoms with Crippen LogP contribution in [0.4, 0.5) is 0 Å². The number of nitrogens with zero attached hydrogens (tertiary/aromatic N) is 1. The van der Waals surface area contributed by atoms with E-state index >= 15 is 0 Å². The van der Waals surface area contributed by atoms with Crippen molar-refractivity contribution in [1.29, 1.82) is 0 Å². The monoisotopic (exact) mass is 389 g/mol. The van der Waals surface area contributed by atoms with Crippen LogP contribution in [0.2, 0.25) is 18.1 Å². The second kappa shape index (κ2) is 6.16. The maximum Gasteiger partial charge on any atom is 0.330 e. The number of methoxy groups -OCH3 is 1. The summed E-state index contributed by atoms with van der Waals surface area (Å²) in [7, 11) is -2.11. The van der Waals surface area contributed by atoms with Crippen molar-refractivity contribution in [3.05, 3.63) is 0 Å². The summed E-state index contributed by atoms with van der Waals surface area (Å²) in [6, 6.07) is -0.799. The lowest BCUT2D eigenvalue weighted by Gasteiger charge is -2.48. The van der Waals surface area contributed by atoms with Crippen molar-refractivity contribution in [2.24, 2.45) is 5.92 Å².